The van der Waals surface area contributed by atoms with Crippen LogP contribution < -0.4 is 10.1 Å². The average Bonchev–Trinajstić information content (AvgIpc) is 3.08. The second kappa shape index (κ2) is 8.36. The topological polar surface area (TPSA) is 64.6 Å². The molecule has 2 aromatic carbocycles. The number of rotatable bonds is 6. The van der Waals surface area contributed by atoms with Crippen LogP contribution in [0.25, 0.3) is 0 Å². The van der Waals surface area contributed by atoms with Gasteiger partial charge in [0.1, 0.15) is 5.75 Å². The van der Waals surface area contributed by atoms with Gasteiger partial charge in [0.2, 0.25) is 0 Å². The Bertz CT molecular complexity index is 835. The first-order chi connectivity index (χ1) is 12.5. The number of carbonyl (C=O) groups is 2. The lowest BCUT2D eigenvalue weighted by atomic mass is 10.1. The molecule has 0 aliphatic heterocycles. The monoisotopic (exact) mass is 417 g/mol. The molecule has 1 aliphatic carbocycles. The zero-order valence-corrected chi connectivity index (χ0v) is 16.1. The SMILES string of the molecule is Cc1ccc(NC(=O)COC(=O)COc2ccc3c(c2)CCC3)c(Br)c1. The standard InChI is InChI=1S/C20H20BrNO4/c1-13-5-8-18(17(21)9-13)22-19(23)11-26-20(24)12-25-16-7-6-14-3-2-4-15(14)10-16/h5-10H,2-4,11-12H2,1H3,(H,22,23). The zero-order valence-electron chi connectivity index (χ0n) is 14.5. The predicted molar refractivity (Wildman–Crippen MR) is 102 cm³/mol. The molecule has 0 bridgehead atoms. The number of ether oxygens (including phenoxy) is 2. The molecule has 1 N–H and O–H groups in total. The molecule has 136 valence electrons. The molecule has 0 unspecified atom stereocenters. The number of anilines is 1. The molecule has 0 aromatic heterocycles. The maximum atomic E-state index is 11.9. The summed E-state index contributed by atoms with van der Waals surface area (Å²) in [5.41, 5.74) is 4.33. The maximum absolute atomic E-state index is 11.9. The van der Waals surface area contributed by atoms with E-state index in [1.54, 1.807) is 6.07 Å². The fraction of sp³-hybridized carbons (Fsp3) is 0.300. The van der Waals surface area contributed by atoms with Gasteiger partial charge in [-0.2, -0.15) is 0 Å². The summed E-state index contributed by atoms with van der Waals surface area (Å²) in [6.45, 7) is 1.38. The Balaban J connectivity index is 1.43. The number of esters is 1. The molecule has 0 fully saturated rings. The molecule has 2 aromatic rings. The Kier molecular flexibility index (Phi) is 5.93. The highest BCUT2D eigenvalue weighted by atomic mass is 79.9. The third kappa shape index (κ3) is 4.85. The van der Waals surface area contributed by atoms with Gasteiger partial charge in [-0.1, -0.05) is 12.1 Å². The molecule has 6 heteroatoms. The van der Waals surface area contributed by atoms with E-state index >= 15 is 0 Å². The van der Waals surface area contributed by atoms with Gasteiger partial charge in [0.15, 0.2) is 13.2 Å². The van der Waals surface area contributed by atoms with E-state index in [-0.39, 0.29) is 13.2 Å². The van der Waals surface area contributed by atoms with Gasteiger partial charge in [0.25, 0.3) is 5.91 Å². The van der Waals surface area contributed by atoms with Crippen LogP contribution >= 0.6 is 15.9 Å². The molecule has 0 spiro atoms. The van der Waals surface area contributed by atoms with Crippen LogP contribution in [0.5, 0.6) is 5.75 Å². The summed E-state index contributed by atoms with van der Waals surface area (Å²) in [4.78, 5) is 23.7. The van der Waals surface area contributed by atoms with Gasteiger partial charge < -0.3 is 14.8 Å². The van der Waals surface area contributed by atoms with Gasteiger partial charge in [-0.05, 0) is 83.1 Å². The average molecular weight is 418 g/mol. The second-order valence-corrected chi connectivity index (χ2v) is 7.12. The largest absolute Gasteiger partial charge is 0.482 e. The molecule has 0 heterocycles. The van der Waals surface area contributed by atoms with Crippen molar-refractivity contribution < 1.29 is 19.1 Å². The van der Waals surface area contributed by atoms with E-state index in [0.717, 1.165) is 29.3 Å². The highest BCUT2D eigenvalue weighted by molar-refractivity contribution is 9.10. The van der Waals surface area contributed by atoms with Crippen molar-refractivity contribution >= 4 is 33.5 Å². The van der Waals surface area contributed by atoms with Crippen molar-refractivity contribution in [1.82, 2.24) is 0 Å². The number of hydrogen-bond acceptors (Lipinski definition) is 4. The fourth-order valence-electron chi connectivity index (χ4n) is 2.88. The van der Waals surface area contributed by atoms with Crippen molar-refractivity contribution in [1.29, 1.82) is 0 Å². The van der Waals surface area contributed by atoms with Gasteiger partial charge in [-0.25, -0.2) is 4.79 Å². The maximum Gasteiger partial charge on any atom is 0.344 e. The summed E-state index contributed by atoms with van der Waals surface area (Å²) in [6, 6.07) is 11.4. The smallest absolute Gasteiger partial charge is 0.344 e. The van der Waals surface area contributed by atoms with Crippen molar-refractivity contribution in [3.05, 3.63) is 57.6 Å². The van der Waals surface area contributed by atoms with E-state index in [1.165, 1.54) is 11.1 Å². The van der Waals surface area contributed by atoms with Crippen LogP contribution in [0.3, 0.4) is 0 Å². The van der Waals surface area contributed by atoms with Crippen LogP contribution in [0.15, 0.2) is 40.9 Å². The number of hydrogen-bond donors (Lipinski definition) is 1. The number of nitrogens with one attached hydrogen (secondary N) is 1. The highest BCUT2D eigenvalue weighted by Crippen LogP contribution is 2.26. The third-order valence-corrected chi connectivity index (χ3v) is 4.85. The van der Waals surface area contributed by atoms with Crippen LogP contribution in [0.1, 0.15) is 23.1 Å². The van der Waals surface area contributed by atoms with Crippen molar-refractivity contribution in [2.45, 2.75) is 26.2 Å². The molecular formula is C20H20BrNO4. The minimum atomic E-state index is -0.580. The van der Waals surface area contributed by atoms with Crippen LogP contribution in [0.2, 0.25) is 0 Å². The molecule has 0 radical (unpaired) electrons. The Morgan fingerprint density at radius 2 is 1.88 bits per heavy atom. The van der Waals surface area contributed by atoms with Gasteiger partial charge in [0, 0.05) is 4.47 Å². The van der Waals surface area contributed by atoms with Gasteiger partial charge in [-0.15, -0.1) is 0 Å². The Labute approximate surface area is 160 Å². The van der Waals surface area contributed by atoms with Crippen molar-refractivity contribution in [2.24, 2.45) is 0 Å². The second-order valence-electron chi connectivity index (χ2n) is 6.26. The first-order valence-corrected chi connectivity index (χ1v) is 9.27. The molecular weight excluding hydrogens is 398 g/mol. The van der Waals surface area contributed by atoms with Gasteiger partial charge >= 0.3 is 5.97 Å². The lowest BCUT2D eigenvalue weighted by Crippen LogP contribution is -2.23. The quantitative estimate of drug-likeness (QED) is 0.725. The van der Waals surface area contributed by atoms with Crippen LogP contribution in [-0.4, -0.2) is 25.1 Å². The molecule has 0 saturated heterocycles. The molecule has 0 atom stereocenters. The number of fused-ring (bicyclic) bond motifs is 1. The molecule has 0 saturated carbocycles. The van der Waals surface area contributed by atoms with Crippen molar-refractivity contribution in [3.8, 4) is 5.75 Å². The Morgan fingerprint density at radius 1 is 1.08 bits per heavy atom. The minimum absolute atomic E-state index is 0.222. The van der Waals surface area contributed by atoms with E-state index in [2.05, 4.69) is 21.2 Å². The molecule has 3 rings (SSSR count). The lowest BCUT2D eigenvalue weighted by Gasteiger charge is -2.10. The first kappa shape index (κ1) is 18.5. The predicted octanol–water partition coefficient (Wildman–Crippen LogP) is 3.81. The zero-order chi connectivity index (χ0) is 18.5. The fourth-order valence-corrected chi connectivity index (χ4v) is 3.47. The third-order valence-electron chi connectivity index (χ3n) is 4.19. The molecule has 1 aliphatic rings. The van der Waals surface area contributed by atoms with E-state index < -0.39 is 11.9 Å². The van der Waals surface area contributed by atoms with E-state index in [1.807, 2.05) is 37.3 Å². The summed E-state index contributed by atoms with van der Waals surface area (Å²) in [5, 5.41) is 2.69. The van der Waals surface area contributed by atoms with Crippen LogP contribution in [0, 0.1) is 6.92 Å². The number of aryl methyl sites for hydroxylation is 3. The summed E-state index contributed by atoms with van der Waals surface area (Å²) in [6.07, 6.45) is 3.31. The van der Waals surface area contributed by atoms with E-state index in [9.17, 15) is 9.59 Å². The highest BCUT2D eigenvalue weighted by Gasteiger charge is 2.13. The summed E-state index contributed by atoms with van der Waals surface area (Å²) < 4.78 is 11.2. The number of benzene rings is 2. The Morgan fingerprint density at radius 3 is 2.69 bits per heavy atom. The molecule has 26 heavy (non-hydrogen) atoms. The summed E-state index contributed by atoms with van der Waals surface area (Å²) >= 11 is 3.39. The number of halogens is 1. The number of carbonyl (C=O) groups excluding carboxylic acids is 2. The van der Waals surface area contributed by atoms with E-state index in [0.29, 0.717) is 11.4 Å². The summed E-state index contributed by atoms with van der Waals surface area (Å²) in [5.74, 6) is -0.334. The van der Waals surface area contributed by atoms with Crippen molar-refractivity contribution in [3.63, 3.8) is 0 Å². The van der Waals surface area contributed by atoms with Crippen LogP contribution in [0.4, 0.5) is 5.69 Å². The van der Waals surface area contributed by atoms with Gasteiger partial charge in [0.05, 0.1) is 5.69 Å². The first-order valence-electron chi connectivity index (χ1n) is 8.47. The van der Waals surface area contributed by atoms with Gasteiger partial charge in [-0.3, -0.25) is 4.79 Å². The Hall–Kier alpha value is -2.34. The van der Waals surface area contributed by atoms with Crippen LogP contribution in [-0.2, 0) is 27.2 Å². The van der Waals surface area contributed by atoms with Crippen molar-refractivity contribution in [2.75, 3.05) is 18.5 Å². The summed E-state index contributed by atoms with van der Waals surface area (Å²) in [7, 11) is 0. The molecule has 1 amide bonds. The lowest BCUT2D eigenvalue weighted by molar-refractivity contribution is -0.149. The number of amides is 1. The normalized spacial score (nSPS) is 12.4. The minimum Gasteiger partial charge on any atom is -0.482 e. The van der Waals surface area contributed by atoms with E-state index in [4.69, 9.17) is 9.47 Å². The molecule has 5 nitrogen and oxygen atoms in total.